The van der Waals surface area contributed by atoms with E-state index in [1.54, 1.807) is 7.11 Å². The fourth-order valence-electron chi connectivity index (χ4n) is 3.42. The Morgan fingerprint density at radius 1 is 1.11 bits per heavy atom. The molecule has 0 radical (unpaired) electrons. The van der Waals surface area contributed by atoms with E-state index in [1.165, 1.54) is 23.0 Å². The average molecular weight is 389 g/mol. The van der Waals surface area contributed by atoms with Crippen molar-refractivity contribution in [1.29, 1.82) is 0 Å². The number of ether oxygens (including phenoxy) is 1. The van der Waals surface area contributed by atoms with E-state index in [4.69, 9.17) is 4.74 Å². The lowest BCUT2D eigenvalue weighted by atomic mass is 10.1. The van der Waals surface area contributed by atoms with E-state index in [9.17, 15) is 8.78 Å². The smallest absolute Gasteiger partial charge is 0.186 e. The fraction of sp³-hybridized carbons (Fsp3) is 0.350. The van der Waals surface area contributed by atoms with Gasteiger partial charge in [0.15, 0.2) is 10.9 Å². The van der Waals surface area contributed by atoms with Gasteiger partial charge in [-0.25, -0.2) is 13.8 Å². The third-order valence-electron chi connectivity index (χ3n) is 4.92. The van der Waals surface area contributed by atoms with Crippen molar-refractivity contribution >= 4 is 26.7 Å². The van der Waals surface area contributed by atoms with E-state index >= 15 is 0 Å². The van der Waals surface area contributed by atoms with Crippen molar-refractivity contribution in [3.8, 4) is 0 Å². The number of methoxy groups -OCH3 is 1. The van der Waals surface area contributed by atoms with Gasteiger partial charge in [-0.2, -0.15) is 0 Å². The highest BCUT2D eigenvalue weighted by atomic mass is 32.1. The van der Waals surface area contributed by atoms with Gasteiger partial charge in [-0.15, -0.1) is 0 Å². The van der Waals surface area contributed by atoms with Crippen molar-refractivity contribution in [1.82, 2.24) is 9.88 Å². The van der Waals surface area contributed by atoms with Crippen molar-refractivity contribution in [3.05, 3.63) is 59.7 Å². The molecule has 1 saturated heterocycles. The van der Waals surface area contributed by atoms with Crippen LogP contribution in [0, 0.1) is 11.6 Å². The fourth-order valence-corrected chi connectivity index (χ4v) is 4.48. The molecule has 0 saturated carbocycles. The first kappa shape index (κ1) is 18.3. The zero-order valence-electron chi connectivity index (χ0n) is 15.1. The monoisotopic (exact) mass is 389 g/mol. The molecule has 0 amide bonds. The standard InChI is InChI=1S/C20H21F2N3OS/c1-26-17(14-5-3-2-4-6-14)13-24-7-9-25(10-8-24)20-23-19-16(22)11-15(21)12-18(19)27-20/h2-6,11-12,17H,7-10,13H2,1H3. The summed E-state index contributed by atoms with van der Waals surface area (Å²) in [5.74, 6) is -1.16. The molecule has 1 fully saturated rings. The van der Waals surface area contributed by atoms with Crippen molar-refractivity contribution in [2.75, 3.05) is 44.7 Å². The Morgan fingerprint density at radius 3 is 2.56 bits per heavy atom. The molecule has 7 heteroatoms. The van der Waals surface area contributed by atoms with Gasteiger partial charge in [0.05, 0.1) is 10.8 Å². The van der Waals surface area contributed by atoms with Gasteiger partial charge in [-0.1, -0.05) is 41.7 Å². The van der Waals surface area contributed by atoms with Crippen LogP contribution in [0.25, 0.3) is 10.2 Å². The van der Waals surface area contributed by atoms with Crippen LogP contribution in [0.3, 0.4) is 0 Å². The van der Waals surface area contributed by atoms with Gasteiger partial charge in [0, 0.05) is 45.9 Å². The summed E-state index contributed by atoms with van der Waals surface area (Å²) in [6.07, 6.45) is 0.0391. The first-order valence-electron chi connectivity index (χ1n) is 8.94. The summed E-state index contributed by atoms with van der Waals surface area (Å²) in [5.41, 5.74) is 1.42. The first-order chi connectivity index (χ1) is 13.1. The van der Waals surface area contributed by atoms with Gasteiger partial charge < -0.3 is 9.64 Å². The second kappa shape index (κ2) is 7.88. The van der Waals surface area contributed by atoms with Crippen molar-refractivity contribution in [2.24, 2.45) is 0 Å². The predicted molar refractivity (Wildman–Crippen MR) is 104 cm³/mol. The third-order valence-corrected chi connectivity index (χ3v) is 5.99. The molecule has 27 heavy (non-hydrogen) atoms. The maximum Gasteiger partial charge on any atom is 0.186 e. The number of halogens is 2. The van der Waals surface area contributed by atoms with Crippen molar-refractivity contribution in [2.45, 2.75) is 6.10 Å². The molecule has 0 spiro atoms. The number of rotatable bonds is 5. The molecule has 1 aliphatic heterocycles. The van der Waals surface area contributed by atoms with Crippen LogP contribution in [0.1, 0.15) is 11.7 Å². The maximum absolute atomic E-state index is 13.9. The summed E-state index contributed by atoms with van der Waals surface area (Å²) < 4.78 is 33.5. The summed E-state index contributed by atoms with van der Waals surface area (Å²) in [4.78, 5) is 8.89. The average Bonchev–Trinajstić information content (AvgIpc) is 3.11. The number of hydrogen-bond acceptors (Lipinski definition) is 5. The largest absolute Gasteiger partial charge is 0.375 e. The van der Waals surface area contributed by atoms with Gasteiger partial charge in [0.1, 0.15) is 11.3 Å². The molecule has 0 aliphatic carbocycles. The van der Waals surface area contributed by atoms with E-state index in [0.29, 0.717) is 4.70 Å². The lowest BCUT2D eigenvalue weighted by Crippen LogP contribution is -2.47. The summed E-state index contributed by atoms with van der Waals surface area (Å²) in [7, 11) is 1.74. The number of hydrogen-bond donors (Lipinski definition) is 0. The number of piperazine rings is 1. The van der Waals surface area contributed by atoms with Gasteiger partial charge in [-0.3, -0.25) is 4.90 Å². The van der Waals surface area contributed by atoms with Crippen LogP contribution in [0.2, 0.25) is 0 Å². The first-order valence-corrected chi connectivity index (χ1v) is 9.76. The zero-order chi connectivity index (χ0) is 18.8. The Hall–Kier alpha value is -2.09. The Bertz CT molecular complexity index is 910. The molecule has 4 nitrogen and oxygen atoms in total. The highest BCUT2D eigenvalue weighted by molar-refractivity contribution is 7.22. The van der Waals surface area contributed by atoms with Crippen molar-refractivity contribution in [3.63, 3.8) is 0 Å². The summed E-state index contributed by atoms with van der Waals surface area (Å²) in [5, 5.41) is 0.750. The molecule has 1 atom stereocenters. The summed E-state index contributed by atoms with van der Waals surface area (Å²) >= 11 is 1.34. The molecular formula is C20H21F2N3OS. The Kier molecular flexibility index (Phi) is 5.33. The Balaban J connectivity index is 1.41. The van der Waals surface area contributed by atoms with E-state index in [0.717, 1.165) is 43.9 Å². The molecule has 4 rings (SSSR count). The van der Waals surface area contributed by atoms with Crippen LogP contribution in [0.4, 0.5) is 13.9 Å². The lowest BCUT2D eigenvalue weighted by Gasteiger charge is -2.36. The topological polar surface area (TPSA) is 28.6 Å². The summed E-state index contributed by atoms with van der Waals surface area (Å²) in [6.45, 7) is 4.18. The third kappa shape index (κ3) is 3.95. The number of nitrogens with zero attached hydrogens (tertiary/aromatic N) is 3. The van der Waals surface area contributed by atoms with Gasteiger partial charge in [0.2, 0.25) is 0 Å². The quantitative estimate of drug-likeness (QED) is 0.657. The number of benzene rings is 2. The molecule has 1 unspecified atom stereocenters. The zero-order valence-corrected chi connectivity index (χ0v) is 15.9. The molecular weight excluding hydrogens is 368 g/mol. The molecule has 1 aromatic heterocycles. The van der Waals surface area contributed by atoms with Gasteiger partial charge in [0.25, 0.3) is 0 Å². The number of anilines is 1. The van der Waals surface area contributed by atoms with E-state index in [2.05, 4.69) is 26.9 Å². The highest BCUT2D eigenvalue weighted by Crippen LogP contribution is 2.31. The molecule has 0 N–H and O–H groups in total. The number of aromatic nitrogens is 1. The maximum atomic E-state index is 13.9. The molecule has 0 bridgehead atoms. The molecule has 2 aromatic carbocycles. The molecule has 142 valence electrons. The molecule has 2 heterocycles. The SMILES string of the molecule is COC(CN1CCN(c2nc3c(F)cc(F)cc3s2)CC1)c1ccccc1. The van der Waals surface area contributed by atoms with Crippen LogP contribution in [0.15, 0.2) is 42.5 Å². The normalized spacial score (nSPS) is 16.8. The van der Waals surface area contributed by atoms with Gasteiger partial charge >= 0.3 is 0 Å². The van der Waals surface area contributed by atoms with E-state index in [1.807, 2.05) is 18.2 Å². The van der Waals surface area contributed by atoms with E-state index in [-0.39, 0.29) is 11.6 Å². The number of fused-ring (bicyclic) bond motifs is 1. The van der Waals surface area contributed by atoms with Crippen LogP contribution < -0.4 is 4.90 Å². The van der Waals surface area contributed by atoms with Crippen LogP contribution in [-0.2, 0) is 4.74 Å². The minimum atomic E-state index is -0.600. The van der Waals surface area contributed by atoms with Crippen molar-refractivity contribution < 1.29 is 13.5 Å². The molecule has 1 aliphatic rings. The lowest BCUT2D eigenvalue weighted by molar-refractivity contribution is 0.0615. The molecule has 3 aromatic rings. The van der Waals surface area contributed by atoms with Crippen LogP contribution in [0.5, 0.6) is 0 Å². The second-order valence-electron chi connectivity index (χ2n) is 6.65. The van der Waals surface area contributed by atoms with Crippen LogP contribution >= 0.6 is 11.3 Å². The Morgan fingerprint density at radius 2 is 1.85 bits per heavy atom. The Labute approximate surface area is 161 Å². The minimum absolute atomic E-state index is 0.0391. The summed E-state index contributed by atoms with van der Waals surface area (Å²) in [6, 6.07) is 12.4. The van der Waals surface area contributed by atoms with E-state index < -0.39 is 11.6 Å². The highest BCUT2D eigenvalue weighted by Gasteiger charge is 2.23. The predicted octanol–water partition coefficient (Wildman–Crippen LogP) is 4.08. The van der Waals surface area contributed by atoms with Crippen LogP contribution in [-0.4, -0.2) is 49.7 Å². The minimum Gasteiger partial charge on any atom is -0.375 e. The van der Waals surface area contributed by atoms with Gasteiger partial charge in [-0.05, 0) is 11.6 Å². The number of thiazole rings is 1. The second-order valence-corrected chi connectivity index (χ2v) is 7.66.